The Morgan fingerprint density at radius 1 is 1.06 bits per heavy atom. The van der Waals surface area contributed by atoms with Crippen LogP contribution in [0.15, 0.2) is 76.4 Å². The molecule has 4 aromatic rings. The number of anilines is 1. The maximum atomic E-state index is 13.2. The molecule has 2 aliphatic rings. The van der Waals surface area contributed by atoms with E-state index in [2.05, 4.69) is 25.9 Å². The number of carbonyl (C=O) groups is 1. The number of furan rings is 1. The van der Waals surface area contributed by atoms with Crippen LogP contribution < -0.4 is 5.32 Å². The maximum Gasteiger partial charge on any atom is 0.262 e. The molecule has 0 spiro atoms. The van der Waals surface area contributed by atoms with E-state index >= 15 is 0 Å². The van der Waals surface area contributed by atoms with E-state index < -0.39 is 0 Å². The molecule has 1 amide bonds. The van der Waals surface area contributed by atoms with Crippen LogP contribution in [-0.4, -0.2) is 43.4 Å². The molecule has 10 heteroatoms. The number of nitrogens with one attached hydrogen (secondary N) is 1. The van der Waals surface area contributed by atoms with Gasteiger partial charge in [0.2, 0.25) is 0 Å². The van der Waals surface area contributed by atoms with E-state index in [1.54, 1.807) is 6.26 Å². The molecule has 3 heterocycles. The summed E-state index contributed by atoms with van der Waals surface area (Å²) in [5.41, 5.74) is 3.50. The van der Waals surface area contributed by atoms with E-state index in [-0.39, 0.29) is 18.5 Å². The Morgan fingerprint density at radius 2 is 1.83 bits per heavy atom. The van der Waals surface area contributed by atoms with Gasteiger partial charge in [0.25, 0.3) is 5.91 Å². The zero-order valence-electron chi connectivity index (χ0n) is 18.7. The number of rotatable bonds is 7. The van der Waals surface area contributed by atoms with E-state index in [1.165, 1.54) is 5.01 Å². The smallest absolute Gasteiger partial charge is 0.262 e. The van der Waals surface area contributed by atoms with E-state index in [1.807, 2.05) is 65.3 Å². The van der Waals surface area contributed by atoms with Gasteiger partial charge in [-0.05, 0) is 77.4 Å². The van der Waals surface area contributed by atoms with Crippen molar-refractivity contribution in [2.75, 3.05) is 11.9 Å². The average Bonchev–Trinajstić information content (AvgIpc) is 3.28. The molecule has 0 saturated heterocycles. The van der Waals surface area contributed by atoms with Crippen LogP contribution in [0, 0.1) is 0 Å². The molecule has 2 aromatic carbocycles. The fourth-order valence-corrected chi connectivity index (χ4v) is 4.33. The van der Waals surface area contributed by atoms with Gasteiger partial charge >= 0.3 is 0 Å². The zero-order chi connectivity index (χ0) is 23.8. The van der Waals surface area contributed by atoms with Crippen molar-refractivity contribution in [3.63, 3.8) is 0 Å². The van der Waals surface area contributed by atoms with Gasteiger partial charge in [0, 0.05) is 22.7 Å². The molecule has 1 atom stereocenters. The molecule has 1 N–H and O–H groups in total. The molecule has 1 aliphatic heterocycles. The topological polar surface area (TPSA) is 101 Å². The number of nitrogens with zero attached hydrogens (tertiary/aromatic N) is 6. The van der Waals surface area contributed by atoms with Crippen LogP contribution in [-0.2, 0) is 4.79 Å². The minimum Gasteiger partial charge on any atom is -0.467 e. The molecular formula is C25H22ClN7O2. The second-order valence-corrected chi connectivity index (χ2v) is 9.07. The second-order valence-electron chi connectivity index (χ2n) is 8.64. The SMILES string of the molecule is O=C(CNc1ccc(-c2nnnn2C2CC2)cc1)N1N=C(c2ccc(Cl)cc2)C[C@@H]1c1ccco1. The lowest BCUT2D eigenvalue weighted by molar-refractivity contribution is -0.131. The fourth-order valence-electron chi connectivity index (χ4n) is 4.20. The van der Waals surface area contributed by atoms with Gasteiger partial charge in [0.15, 0.2) is 5.82 Å². The Bertz CT molecular complexity index is 1360. The first-order valence-corrected chi connectivity index (χ1v) is 11.8. The second kappa shape index (κ2) is 8.99. The van der Waals surface area contributed by atoms with Gasteiger partial charge in [0.1, 0.15) is 11.8 Å². The van der Waals surface area contributed by atoms with Crippen molar-refractivity contribution in [2.24, 2.45) is 5.10 Å². The number of halogens is 1. The summed E-state index contributed by atoms with van der Waals surface area (Å²) < 4.78 is 7.50. The van der Waals surface area contributed by atoms with Gasteiger partial charge in [0.05, 0.1) is 24.6 Å². The first kappa shape index (κ1) is 21.5. The van der Waals surface area contributed by atoms with Crippen molar-refractivity contribution >= 4 is 28.9 Å². The Hall–Kier alpha value is -3.98. The molecule has 1 aliphatic carbocycles. The standard InChI is InChI=1S/C25H22ClN7O2/c26-18-7-3-16(4-8-18)21-14-22(23-2-1-13-35-23)33(29-21)24(34)15-27-19-9-5-17(6-10-19)25-28-30-31-32(25)20-11-12-20/h1-10,13,20,22,27H,11-12,14-15H2/t22-/m1/s1. The summed E-state index contributed by atoms with van der Waals surface area (Å²) in [6.07, 6.45) is 4.39. The third kappa shape index (κ3) is 4.42. The monoisotopic (exact) mass is 487 g/mol. The van der Waals surface area contributed by atoms with Crippen LogP contribution in [0.1, 0.15) is 42.7 Å². The lowest BCUT2D eigenvalue weighted by Gasteiger charge is -2.20. The summed E-state index contributed by atoms with van der Waals surface area (Å²) in [7, 11) is 0. The third-order valence-corrected chi connectivity index (χ3v) is 6.44. The molecule has 0 unspecified atom stereocenters. The number of hydrogen-bond donors (Lipinski definition) is 1. The van der Waals surface area contributed by atoms with E-state index in [4.69, 9.17) is 16.0 Å². The molecule has 0 bridgehead atoms. The normalized spacial score (nSPS) is 17.5. The zero-order valence-corrected chi connectivity index (χ0v) is 19.5. The van der Waals surface area contributed by atoms with Gasteiger partial charge in [-0.1, -0.05) is 23.7 Å². The molecular weight excluding hydrogens is 466 g/mol. The lowest BCUT2D eigenvalue weighted by atomic mass is 10.0. The highest BCUT2D eigenvalue weighted by molar-refractivity contribution is 6.30. The fraction of sp³-hybridized carbons (Fsp3) is 0.240. The molecule has 176 valence electrons. The van der Waals surface area contributed by atoms with E-state index in [0.29, 0.717) is 23.2 Å². The molecule has 6 rings (SSSR count). The summed E-state index contributed by atoms with van der Waals surface area (Å²) in [6.45, 7) is 0.0910. The molecule has 2 aromatic heterocycles. The van der Waals surface area contributed by atoms with Gasteiger partial charge in [-0.15, -0.1) is 5.10 Å². The summed E-state index contributed by atoms with van der Waals surface area (Å²) in [4.78, 5) is 13.2. The Kier molecular flexibility index (Phi) is 5.54. The van der Waals surface area contributed by atoms with Crippen molar-refractivity contribution < 1.29 is 9.21 Å². The van der Waals surface area contributed by atoms with Crippen LogP contribution in [0.2, 0.25) is 5.02 Å². The van der Waals surface area contributed by atoms with E-state index in [9.17, 15) is 4.79 Å². The quantitative estimate of drug-likeness (QED) is 0.405. The third-order valence-electron chi connectivity index (χ3n) is 6.19. The summed E-state index contributed by atoms with van der Waals surface area (Å²) >= 11 is 6.03. The summed E-state index contributed by atoms with van der Waals surface area (Å²) in [5.74, 6) is 1.30. The summed E-state index contributed by atoms with van der Waals surface area (Å²) in [6, 6.07) is 19.0. The highest BCUT2D eigenvalue weighted by Crippen LogP contribution is 2.37. The first-order valence-electron chi connectivity index (χ1n) is 11.5. The molecule has 9 nitrogen and oxygen atoms in total. The number of hydrazone groups is 1. The van der Waals surface area contributed by atoms with Crippen LogP contribution >= 0.6 is 11.6 Å². The van der Waals surface area contributed by atoms with Crippen LogP contribution in [0.3, 0.4) is 0 Å². The maximum absolute atomic E-state index is 13.2. The minimum atomic E-state index is -0.298. The first-order chi connectivity index (χ1) is 17.2. The van der Waals surface area contributed by atoms with Crippen LogP contribution in [0.25, 0.3) is 11.4 Å². The van der Waals surface area contributed by atoms with Gasteiger partial charge in [-0.2, -0.15) is 5.10 Å². The number of benzene rings is 2. The number of hydrogen-bond acceptors (Lipinski definition) is 7. The van der Waals surface area contributed by atoms with Gasteiger partial charge in [-0.25, -0.2) is 9.69 Å². The van der Waals surface area contributed by atoms with Gasteiger partial charge in [-0.3, -0.25) is 4.79 Å². The number of carbonyl (C=O) groups excluding carboxylic acids is 1. The average molecular weight is 488 g/mol. The molecule has 35 heavy (non-hydrogen) atoms. The number of tetrazole rings is 1. The van der Waals surface area contributed by atoms with Crippen molar-refractivity contribution in [3.05, 3.63) is 83.3 Å². The van der Waals surface area contributed by atoms with Crippen molar-refractivity contribution in [1.29, 1.82) is 0 Å². The number of amides is 1. The lowest BCUT2D eigenvalue weighted by Crippen LogP contribution is -2.32. The van der Waals surface area contributed by atoms with Crippen LogP contribution in [0.5, 0.6) is 0 Å². The predicted octanol–water partition coefficient (Wildman–Crippen LogP) is 4.71. The Labute approximate surface area is 206 Å². The van der Waals surface area contributed by atoms with Crippen molar-refractivity contribution in [1.82, 2.24) is 25.2 Å². The molecule has 0 radical (unpaired) electrons. The van der Waals surface area contributed by atoms with Crippen LogP contribution in [0.4, 0.5) is 5.69 Å². The highest BCUT2D eigenvalue weighted by Gasteiger charge is 2.34. The Morgan fingerprint density at radius 3 is 2.54 bits per heavy atom. The largest absolute Gasteiger partial charge is 0.467 e. The van der Waals surface area contributed by atoms with Crippen molar-refractivity contribution in [2.45, 2.75) is 31.3 Å². The van der Waals surface area contributed by atoms with Crippen molar-refractivity contribution in [3.8, 4) is 11.4 Å². The van der Waals surface area contributed by atoms with E-state index in [0.717, 1.165) is 41.2 Å². The number of aromatic nitrogens is 4. The molecule has 1 saturated carbocycles. The minimum absolute atomic E-state index is 0.0910. The predicted molar refractivity (Wildman–Crippen MR) is 131 cm³/mol. The Balaban J connectivity index is 1.16. The van der Waals surface area contributed by atoms with Gasteiger partial charge < -0.3 is 9.73 Å². The summed E-state index contributed by atoms with van der Waals surface area (Å²) in [5, 5.41) is 22.1. The highest BCUT2D eigenvalue weighted by atomic mass is 35.5. The molecule has 1 fully saturated rings.